The Balaban J connectivity index is 1.94. The first kappa shape index (κ1) is 19.5. The maximum Gasteiger partial charge on any atom is 0.120 e. The number of aliphatic hydroxyl groups is 2. The smallest absolute Gasteiger partial charge is 0.120 e. The van der Waals surface area contributed by atoms with Crippen LogP contribution in [0.5, 0.6) is 5.75 Å². The van der Waals surface area contributed by atoms with Gasteiger partial charge in [-0.3, -0.25) is 4.90 Å². The molecule has 2 aromatic rings. The predicted octanol–water partition coefficient (Wildman–Crippen LogP) is 2.40. The Morgan fingerprint density at radius 2 is 1.93 bits per heavy atom. The van der Waals surface area contributed by atoms with Crippen molar-refractivity contribution in [3.63, 3.8) is 0 Å². The highest BCUT2D eigenvalue weighted by atomic mass is 35.5. The lowest BCUT2D eigenvalue weighted by molar-refractivity contribution is 0.0883. The zero-order chi connectivity index (χ0) is 19.2. The van der Waals surface area contributed by atoms with Crippen LogP contribution in [-0.4, -0.2) is 54.7 Å². The summed E-state index contributed by atoms with van der Waals surface area (Å²) in [5.41, 5.74) is 2.41. The molecule has 27 heavy (non-hydrogen) atoms. The Kier molecular flexibility index (Phi) is 6.54. The lowest BCUT2D eigenvalue weighted by Crippen LogP contribution is -2.49. The van der Waals surface area contributed by atoms with Gasteiger partial charge in [0.1, 0.15) is 18.4 Å². The number of rotatable bonds is 6. The molecule has 0 saturated carbocycles. The van der Waals surface area contributed by atoms with Crippen molar-refractivity contribution in [2.75, 3.05) is 44.5 Å². The molecule has 1 fully saturated rings. The zero-order valence-corrected chi connectivity index (χ0v) is 15.6. The van der Waals surface area contributed by atoms with Gasteiger partial charge >= 0.3 is 0 Å². The van der Waals surface area contributed by atoms with Gasteiger partial charge in [-0.05, 0) is 35.9 Å². The van der Waals surface area contributed by atoms with Gasteiger partial charge in [0.2, 0.25) is 0 Å². The van der Waals surface area contributed by atoms with Gasteiger partial charge in [-0.15, -0.1) is 0 Å². The second-order valence-corrected chi connectivity index (χ2v) is 6.78. The quantitative estimate of drug-likeness (QED) is 0.792. The molecule has 142 valence electrons. The highest BCUT2D eigenvalue weighted by Gasteiger charge is 2.29. The summed E-state index contributed by atoms with van der Waals surface area (Å²) < 4.78 is 5.42. The number of halogens is 1. The van der Waals surface area contributed by atoms with Crippen molar-refractivity contribution < 1.29 is 14.9 Å². The van der Waals surface area contributed by atoms with Crippen molar-refractivity contribution in [1.82, 2.24) is 4.90 Å². The van der Waals surface area contributed by atoms with E-state index >= 15 is 0 Å². The van der Waals surface area contributed by atoms with Crippen molar-refractivity contribution >= 4 is 17.3 Å². The van der Waals surface area contributed by atoms with Gasteiger partial charge in [0.15, 0.2) is 0 Å². The molecule has 3 rings (SSSR count). The number of aliphatic hydroxyl groups excluding tert-OH is 2. The number of anilines is 1. The van der Waals surface area contributed by atoms with E-state index in [-0.39, 0.29) is 26.0 Å². The first-order valence-corrected chi connectivity index (χ1v) is 9.17. The molecular weight excluding hydrogens is 366 g/mol. The maximum atomic E-state index is 9.64. The first-order chi connectivity index (χ1) is 13.2. The van der Waals surface area contributed by atoms with Gasteiger partial charge in [0.05, 0.1) is 30.6 Å². The molecule has 1 aliphatic rings. The Labute approximate surface area is 163 Å². The minimum atomic E-state index is -0.0780. The summed E-state index contributed by atoms with van der Waals surface area (Å²) in [7, 11) is 0. The lowest BCUT2D eigenvalue weighted by atomic mass is 10.00. The van der Waals surface area contributed by atoms with Gasteiger partial charge in [-0.2, -0.15) is 5.26 Å². The lowest BCUT2D eigenvalue weighted by Gasteiger charge is -2.42. The van der Waals surface area contributed by atoms with E-state index < -0.39 is 0 Å². The third-order valence-electron chi connectivity index (χ3n) is 4.68. The highest BCUT2D eigenvalue weighted by Crippen LogP contribution is 2.34. The molecule has 0 radical (unpaired) electrons. The molecule has 0 amide bonds. The third-order valence-corrected chi connectivity index (χ3v) is 4.93. The number of ether oxygens (including phenoxy) is 1. The van der Waals surface area contributed by atoms with Crippen LogP contribution in [-0.2, 0) is 0 Å². The number of nitriles is 1. The standard InChI is InChI=1S/C20H22ClN3O3/c21-17-3-1-15(2-4-17)20-13-23(14-26)7-8-24(20)19-6-5-18(27-10-9-25)11-16(19)12-22/h1-6,11,20,25-26H,7-10,13-14H2/t20-/m0/s1. The predicted molar refractivity (Wildman–Crippen MR) is 104 cm³/mol. The summed E-state index contributed by atoms with van der Waals surface area (Å²) in [5.74, 6) is 0.557. The molecule has 1 saturated heterocycles. The van der Waals surface area contributed by atoms with Crippen LogP contribution in [0.1, 0.15) is 17.2 Å². The summed E-state index contributed by atoms with van der Waals surface area (Å²) in [6, 6.07) is 15.3. The average molecular weight is 388 g/mol. The van der Waals surface area contributed by atoms with Gasteiger partial charge in [-0.1, -0.05) is 23.7 Å². The first-order valence-electron chi connectivity index (χ1n) is 8.79. The van der Waals surface area contributed by atoms with E-state index in [9.17, 15) is 10.4 Å². The van der Waals surface area contributed by atoms with E-state index in [1.807, 2.05) is 41.3 Å². The van der Waals surface area contributed by atoms with Crippen LogP contribution in [0.15, 0.2) is 42.5 Å². The number of nitrogens with zero attached hydrogens (tertiary/aromatic N) is 3. The molecule has 2 N–H and O–H groups in total. The van der Waals surface area contributed by atoms with E-state index in [0.717, 1.165) is 11.3 Å². The SMILES string of the molecule is N#Cc1cc(OCCO)ccc1N1CCN(CO)C[C@H]1c1ccc(Cl)cc1. The summed E-state index contributed by atoms with van der Waals surface area (Å²) in [6.07, 6.45) is 0. The summed E-state index contributed by atoms with van der Waals surface area (Å²) in [5, 5.41) is 28.8. The van der Waals surface area contributed by atoms with Crippen molar-refractivity contribution in [1.29, 1.82) is 5.26 Å². The monoisotopic (exact) mass is 387 g/mol. The van der Waals surface area contributed by atoms with E-state index in [1.54, 1.807) is 6.07 Å². The highest BCUT2D eigenvalue weighted by molar-refractivity contribution is 6.30. The maximum absolute atomic E-state index is 9.64. The van der Waals surface area contributed by atoms with Crippen LogP contribution in [0.3, 0.4) is 0 Å². The average Bonchev–Trinajstić information content (AvgIpc) is 2.72. The van der Waals surface area contributed by atoms with Crippen LogP contribution in [0, 0.1) is 11.3 Å². The van der Waals surface area contributed by atoms with Crippen molar-refractivity contribution in [3.05, 3.63) is 58.6 Å². The largest absolute Gasteiger partial charge is 0.491 e. The summed E-state index contributed by atoms with van der Waals surface area (Å²) in [4.78, 5) is 4.16. The van der Waals surface area contributed by atoms with Gasteiger partial charge < -0.3 is 19.8 Å². The van der Waals surface area contributed by atoms with Crippen molar-refractivity contribution in [2.24, 2.45) is 0 Å². The summed E-state index contributed by atoms with van der Waals surface area (Å²) in [6.45, 7) is 2.13. The molecule has 0 aromatic heterocycles. The Bertz CT molecular complexity index is 807. The molecule has 1 aliphatic heterocycles. The second kappa shape index (κ2) is 9.07. The third kappa shape index (κ3) is 4.52. The van der Waals surface area contributed by atoms with Crippen LogP contribution >= 0.6 is 11.6 Å². The molecular formula is C20H22ClN3O3. The number of piperazine rings is 1. The minimum Gasteiger partial charge on any atom is -0.491 e. The van der Waals surface area contributed by atoms with Crippen molar-refractivity contribution in [3.8, 4) is 11.8 Å². The van der Waals surface area contributed by atoms with Crippen LogP contribution < -0.4 is 9.64 Å². The Morgan fingerprint density at radius 1 is 1.15 bits per heavy atom. The molecule has 0 spiro atoms. The van der Waals surface area contributed by atoms with E-state index in [2.05, 4.69) is 11.0 Å². The minimum absolute atomic E-state index is 0.00300. The molecule has 0 bridgehead atoms. The number of hydrogen-bond donors (Lipinski definition) is 2. The van der Waals surface area contributed by atoms with Crippen LogP contribution in [0.4, 0.5) is 5.69 Å². The molecule has 0 aliphatic carbocycles. The van der Waals surface area contributed by atoms with Gasteiger partial charge in [0.25, 0.3) is 0 Å². The molecule has 2 aromatic carbocycles. The normalized spacial score (nSPS) is 17.6. The molecule has 1 atom stereocenters. The van der Waals surface area contributed by atoms with Crippen LogP contribution in [0.2, 0.25) is 5.02 Å². The van der Waals surface area contributed by atoms with Crippen LogP contribution in [0.25, 0.3) is 0 Å². The zero-order valence-electron chi connectivity index (χ0n) is 14.9. The topological polar surface area (TPSA) is 80.0 Å². The van der Waals surface area contributed by atoms with Gasteiger partial charge in [0, 0.05) is 24.7 Å². The molecule has 6 nitrogen and oxygen atoms in total. The Hall–Kier alpha value is -2.30. The number of benzene rings is 2. The Morgan fingerprint density at radius 3 is 2.59 bits per heavy atom. The second-order valence-electron chi connectivity index (χ2n) is 6.34. The van der Waals surface area contributed by atoms with E-state index in [1.165, 1.54) is 0 Å². The fraction of sp³-hybridized carbons (Fsp3) is 0.350. The molecule has 0 unspecified atom stereocenters. The fourth-order valence-electron chi connectivity index (χ4n) is 3.33. The van der Waals surface area contributed by atoms with Crippen molar-refractivity contribution in [2.45, 2.75) is 6.04 Å². The number of hydrogen-bond acceptors (Lipinski definition) is 6. The van der Waals surface area contributed by atoms with Gasteiger partial charge in [-0.25, -0.2) is 0 Å². The fourth-order valence-corrected chi connectivity index (χ4v) is 3.46. The molecule has 1 heterocycles. The molecule has 7 heteroatoms. The van der Waals surface area contributed by atoms with E-state index in [0.29, 0.717) is 36.0 Å². The van der Waals surface area contributed by atoms with E-state index in [4.69, 9.17) is 21.4 Å². The summed E-state index contributed by atoms with van der Waals surface area (Å²) >= 11 is 6.03.